The van der Waals surface area contributed by atoms with Gasteiger partial charge < -0.3 is 0 Å². The number of rotatable bonds is 14. The molecular weight excluding hydrogens is 470 g/mol. The molecule has 0 aliphatic rings. The predicted octanol–water partition coefficient (Wildman–Crippen LogP) is 6.01. The van der Waals surface area contributed by atoms with E-state index in [0.29, 0.717) is 0 Å². The van der Waals surface area contributed by atoms with E-state index < -0.39 is 37.6 Å². The number of hydrogen-bond acceptors (Lipinski definition) is 1. The van der Waals surface area contributed by atoms with Gasteiger partial charge in [0, 0.05) is 0 Å². The van der Waals surface area contributed by atoms with Crippen molar-refractivity contribution < 1.29 is 1.41 Å². The molecule has 0 aromatic rings. The molecule has 1 nitrogen and oxygen atoms in total. The third-order valence-electron chi connectivity index (χ3n) is 3.53. The Bertz CT molecular complexity index is 296. The molecule has 0 N–H and O–H groups in total. The van der Waals surface area contributed by atoms with Gasteiger partial charge in [0.1, 0.15) is 0 Å². The van der Waals surface area contributed by atoms with Crippen LogP contribution in [0.2, 0.25) is 26.6 Å². The van der Waals surface area contributed by atoms with E-state index in [4.69, 9.17) is 1.41 Å². The summed E-state index contributed by atoms with van der Waals surface area (Å²) < 4.78 is 13.1. The van der Waals surface area contributed by atoms with E-state index in [1.807, 2.05) is 36.5 Å². The number of allylic oxidation sites excluding steroid dienone is 6. The van der Waals surface area contributed by atoms with Gasteiger partial charge in [-0.2, -0.15) is 0 Å². The SMILES string of the molecule is C=C[CH2][Sn]([CH2]C=C)([CH2]C=C)[O][Sn]([CH2]C=C)([CH2]C=C)[CH2]C=C. The fraction of sp³-hybridized carbons (Fsp3) is 0.333. The van der Waals surface area contributed by atoms with Crippen molar-refractivity contribution in [3.63, 3.8) is 0 Å². The zero-order valence-corrected chi connectivity index (χ0v) is 19.1. The Hall–Kier alpha value is -0.00260. The van der Waals surface area contributed by atoms with Gasteiger partial charge in [0.2, 0.25) is 0 Å². The average molecular weight is 500 g/mol. The van der Waals surface area contributed by atoms with E-state index in [2.05, 4.69) is 39.5 Å². The zero-order chi connectivity index (χ0) is 16.2. The molecule has 0 fully saturated rings. The summed E-state index contributed by atoms with van der Waals surface area (Å²) in [5.41, 5.74) is 0. The van der Waals surface area contributed by atoms with Gasteiger partial charge in [0.25, 0.3) is 0 Å². The molecule has 0 amide bonds. The van der Waals surface area contributed by atoms with Gasteiger partial charge in [-0.15, -0.1) is 0 Å². The molecule has 0 aliphatic heterocycles. The quantitative estimate of drug-likeness (QED) is 0.210. The van der Waals surface area contributed by atoms with E-state index in [9.17, 15) is 0 Å². The summed E-state index contributed by atoms with van der Waals surface area (Å²) in [7, 11) is 0. The first-order chi connectivity index (χ1) is 10.1. The number of hydrogen-bond donors (Lipinski definition) is 0. The van der Waals surface area contributed by atoms with E-state index in [-0.39, 0.29) is 0 Å². The Balaban J connectivity index is 5.60. The first kappa shape index (κ1) is 21.0. The first-order valence-electron chi connectivity index (χ1n) is 7.43. The van der Waals surface area contributed by atoms with Crippen molar-refractivity contribution in [1.82, 2.24) is 0 Å². The maximum absolute atomic E-state index is 7.06. The van der Waals surface area contributed by atoms with Gasteiger partial charge in [-0.1, -0.05) is 0 Å². The third-order valence-corrected chi connectivity index (χ3v) is 40.3. The Kier molecular flexibility index (Phi) is 11.5. The third kappa shape index (κ3) is 7.20. The first-order valence-corrected chi connectivity index (χ1v) is 21.9. The summed E-state index contributed by atoms with van der Waals surface area (Å²) in [6.45, 7) is 23.7. The van der Waals surface area contributed by atoms with Crippen LogP contribution in [0.3, 0.4) is 0 Å². The molecule has 0 rings (SSSR count). The molecule has 0 aromatic heterocycles. The molecule has 0 unspecified atom stereocenters. The molecule has 0 radical (unpaired) electrons. The van der Waals surface area contributed by atoms with Gasteiger partial charge >= 0.3 is 142 Å². The van der Waals surface area contributed by atoms with Crippen LogP contribution in [-0.2, 0) is 1.41 Å². The summed E-state index contributed by atoms with van der Waals surface area (Å²) in [6.07, 6.45) is 12.1. The van der Waals surface area contributed by atoms with Crippen LogP contribution >= 0.6 is 0 Å². The van der Waals surface area contributed by atoms with Gasteiger partial charge in [0.05, 0.1) is 0 Å². The Morgan fingerprint density at radius 2 is 0.667 bits per heavy atom. The van der Waals surface area contributed by atoms with Crippen LogP contribution in [0.5, 0.6) is 0 Å². The molecule has 0 saturated heterocycles. The standard InChI is InChI=1S/6C3H5.O.2Sn/c6*1-3-2;;;/h6*3H,1-2H2;;;. The Morgan fingerprint density at radius 3 is 0.810 bits per heavy atom. The molecule has 0 aromatic carbocycles. The van der Waals surface area contributed by atoms with Crippen LogP contribution in [0.25, 0.3) is 0 Å². The molecule has 0 heterocycles. The van der Waals surface area contributed by atoms with Crippen LogP contribution in [0.4, 0.5) is 0 Å². The Morgan fingerprint density at radius 1 is 0.476 bits per heavy atom. The predicted molar refractivity (Wildman–Crippen MR) is 103 cm³/mol. The summed E-state index contributed by atoms with van der Waals surface area (Å²) in [4.78, 5) is 0. The molecule has 0 aliphatic carbocycles. The molecule has 0 atom stereocenters. The van der Waals surface area contributed by atoms with Gasteiger partial charge in [0.15, 0.2) is 0 Å². The van der Waals surface area contributed by atoms with Gasteiger partial charge in [-0.25, -0.2) is 0 Å². The molecule has 21 heavy (non-hydrogen) atoms. The molecule has 3 heteroatoms. The van der Waals surface area contributed by atoms with Crippen molar-refractivity contribution in [3.05, 3.63) is 75.9 Å². The summed E-state index contributed by atoms with van der Waals surface area (Å²) in [5.74, 6) is 0. The van der Waals surface area contributed by atoms with Crippen molar-refractivity contribution in [2.75, 3.05) is 0 Å². The molecular formula is C18H30OSn2. The maximum atomic E-state index is 7.06. The zero-order valence-electron chi connectivity index (χ0n) is 13.4. The molecule has 0 bridgehead atoms. The van der Waals surface area contributed by atoms with Crippen molar-refractivity contribution >= 4 is 37.6 Å². The second kappa shape index (κ2) is 11.5. The van der Waals surface area contributed by atoms with Crippen LogP contribution in [0.15, 0.2) is 75.9 Å². The van der Waals surface area contributed by atoms with Crippen molar-refractivity contribution in [2.24, 2.45) is 0 Å². The second-order valence-electron chi connectivity index (χ2n) is 5.42. The summed E-state index contributed by atoms with van der Waals surface area (Å²) in [5, 5.41) is 0. The second-order valence-corrected chi connectivity index (χ2v) is 30.4. The topological polar surface area (TPSA) is 9.23 Å². The fourth-order valence-corrected chi connectivity index (χ4v) is 45.9. The van der Waals surface area contributed by atoms with E-state index >= 15 is 0 Å². The average Bonchev–Trinajstić information content (AvgIpc) is 2.40. The monoisotopic (exact) mass is 502 g/mol. The summed E-state index contributed by atoms with van der Waals surface area (Å²) in [6, 6.07) is 0. The van der Waals surface area contributed by atoms with E-state index in [1.165, 1.54) is 0 Å². The minimum absolute atomic E-state index is 1.01. The normalized spacial score (nSPS) is 11.4. The van der Waals surface area contributed by atoms with E-state index in [0.717, 1.165) is 26.6 Å². The molecule has 0 spiro atoms. The van der Waals surface area contributed by atoms with Crippen LogP contribution in [-0.4, -0.2) is 37.6 Å². The van der Waals surface area contributed by atoms with Crippen LogP contribution < -0.4 is 0 Å². The summed E-state index contributed by atoms with van der Waals surface area (Å²) >= 11 is -5.61. The van der Waals surface area contributed by atoms with Crippen LogP contribution in [0, 0.1) is 0 Å². The van der Waals surface area contributed by atoms with E-state index in [1.54, 1.807) is 0 Å². The molecule has 116 valence electrons. The molecule has 0 saturated carbocycles. The van der Waals surface area contributed by atoms with Crippen molar-refractivity contribution in [3.8, 4) is 0 Å². The van der Waals surface area contributed by atoms with Gasteiger partial charge in [-0.05, 0) is 0 Å². The van der Waals surface area contributed by atoms with Crippen molar-refractivity contribution in [1.29, 1.82) is 0 Å². The van der Waals surface area contributed by atoms with Crippen LogP contribution in [0.1, 0.15) is 0 Å². The fourth-order valence-electron chi connectivity index (χ4n) is 2.79. The Labute approximate surface area is 140 Å². The van der Waals surface area contributed by atoms with Gasteiger partial charge in [-0.3, -0.25) is 0 Å². The van der Waals surface area contributed by atoms with Crippen molar-refractivity contribution in [2.45, 2.75) is 26.6 Å². The minimum atomic E-state index is -2.81.